The third kappa shape index (κ3) is 7.41. The molecule has 1 aromatic rings. The number of hydrogen-bond donors (Lipinski definition) is 2. The second-order valence-corrected chi connectivity index (χ2v) is 6.74. The zero-order chi connectivity index (χ0) is 15.7. The van der Waals surface area contributed by atoms with Gasteiger partial charge in [0.05, 0.1) is 17.3 Å². The molecule has 0 fully saturated rings. The lowest BCUT2D eigenvalue weighted by Gasteiger charge is -2.17. The van der Waals surface area contributed by atoms with Gasteiger partial charge in [0.15, 0.2) is 15.8 Å². The monoisotopic (exact) mass is 441 g/mol. The molecule has 8 heteroatoms. The number of ether oxygens (including phenoxy) is 1. The number of guanidine groups is 1. The summed E-state index contributed by atoms with van der Waals surface area (Å²) in [6, 6.07) is 8.51. The third-order valence-electron chi connectivity index (χ3n) is 2.79. The Morgan fingerprint density at radius 2 is 1.95 bits per heavy atom. The number of nitrogens with one attached hydrogen (secondary N) is 2. The number of hydrogen-bond acceptors (Lipinski definition) is 4. The Morgan fingerprint density at radius 3 is 2.50 bits per heavy atom. The van der Waals surface area contributed by atoms with E-state index in [-0.39, 0.29) is 42.3 Å². The first-order valence-electron chi connectivity index (χ1n) is 6.73. The summed E-state index contributed by atoms with van der Waals surface area (Å²) >= 11 is 0. The molecular formula is C14H24IN3O3S. The molecule has 1 atom stereocenters. The van der Waals surface area contributed by atoms with Gasteiger partial charge >= 0.3 is 0 Å². The quantitative estimate of drug-likeness (QED) is 0.379. The predicted molar refractivity (Wildman–Crippen MR) is 99.7 cm³/mol. The van der Waals surface area contributed by atoms with E-state index in [2.05, 4.69) is 15.6 Å². The summed E-state index contributed by atoms with van der Waals surface area (Å²) in [6.07, 6.45) is 0. The van der Waals surface area contributed by atoms with Crippen molar-refractivity contribution in [1.29, 1.82) is 0 Å². The highest BCUT2D eigenvalue weighted by atomic mass is 127. The van der Waals surface area contributed by atoms with E-state index in [0.717, 1.165) is 0 Å². The van der Waals surface area contributed by atoms with Crippen LogP contribution < -0.4 is 10.6 Å². The van der Waals surface area contributed by atoms with Gasteiger partial charge in [-0.15, -0.1) is 24.0 Å². The maximum atomic E-state index is 12.1. The topological polar surface area (TPSA) is 79.8 Å². The molecule has 0 amide bonds. The highest BCUT2D eigenvalue weighted by molar-refractivity contribution is 14.0. The summed E-state index contributed by atoms with van der Waals surface area (Å²) in [5.74, 6) is 0.568. The minimum atomic E-state index is -3.27. The molecule has 0 aromatic heterocycles. The van der Waals surface area contributed by atoms with Crippen LogP contribution in [0.5, 0.6) is 0 Å². The highest BCUT2D eigenvalue weighted by Gasteiger charge is 2.13. The molecule has 0 spiro atoms. The average molecular weight is 441 g/mol. The molecule has 2 N–H and O–H groups in total. The molecule has 0 radical (unpaired) electrons. The maximum Gasteiger partial charge on any atom is 0.191 e. The van der Waals surface area contributed by atoms with E-state index in [9.17, 15) is 8.42 Å². The van der Waals surface area contributed by atoms with Crippen molar-refractivity contribution in [1.82, 2.24) is 10.6 Å². The number of nitrogens with zero attached hydrogens (tertiary/aromatic N) is 1. The summed E-state index contributed by atoms with van der Waals surface area (Å²) in [7, 11) is -0.00759. The van der Waals surface area contributed by atoms with Crippen molar-refractivity contribution in [3.8, 4) is 0 Å². The van der Waals surface area contributed by atoms with Gasteiger partial charge in [0.2, 0.25) is 0 Å². The van der Waals surface area contributed by atoms with Crippen molar-refractivity contribution in [2.24, 2.45) is 4.99 Å². The van der Waals surface area contributed by atoms with Gasteiger partial charge in [-0.2, -0.15) is 0 Å². The molecule has 0 aliphatic carbocycles. The van der Waals surface area contributed by atoms with Gasteiger partial charge in [-0.25, -0.2) is 8.42 Å². The summed E-state index contributed by atoms with van der Waals surface area (Å²) in [4.78, 5) is 4.38. The Labute approximate surface area is 149 Å². The lowest BCUT2D eigenvalue weighted by Crippen LogP contribution is -2.45. The minimum Gasteiger partial charge on any atom is -0.383 e. The molecule has 22 heavy (non-hydrogen) atoms. The van der Waals surface area contributed by atoms with Crippen LogP contribution in [0.25, 0.3) is 0 Å². The van der Waals surface area contributed by atoms with Crippen LogP contribution in [0.3, 0.4) is 0 Å². The number of halogens is 1. The molecule has 1 rings (SSSR count). The first-order chi connectivity index (χ1) is 9.99. The Morgan fingerprint density at radius 1 is 1.32 bits per heavy atom. The molecule has 1 aromatic carbocycles. The number of aliphatic imine (C=N–C) groups is 1. The molecule has 6 nitrogen and oxygen atoms in total. The number of benzene rings is 1. The normalized spacial score (nSPS) is 13.1. The zero-order valence-corrected chi connectivity index (χ0v) is 16.2. The maximum absolute atomic E-state index is 12.1. The van der Waals surface area contributed by atoms with Gasteiger partial charge in [-0.05, 0) is 19.1 Å². The molecule has 0 aliphatic heterocycles. The van der Waals surface area contributed by atoms with Gasteiger partial charge in [-0.1, -0.05) is 18.2 Å². The van der Waals surface area contributed by atoms with Gasteiger partial charge in [0.1, 0.15) is 0 Å². The molecule has 0 saturated carbocycles. The van der Waals surface area contributed by atoms with Crippen LogP contribution in [0, 0.1) is 0 Å². The van der Waals surface area contributed by atoms with Crippen LogP contribution in [-0.4, -0.2) is 53.5 Å². The first kappa shape index (κ1) is 21.1. The van der Waals surface area contributed by atoms with E-state index in [1.54, 1.807) is 44.5 Å². The molecular weight excluding hydrogens is 417 g/mol. The summed E-state index contributed by atoms with van der Waals surface area (Å²) in [5.41, 5.74) is 0. The van der Waals surface area contributed by atoms with Gasteiger partial charge in [0.25, 0.3) is 0 Å². The van der Waals surface area contributed by atoms with E-state index >= 15 is 0 Å². The Bertz CT molecular complexity index is 550. The van der Waals surface area contributed by atoms with Crippen molar-refractivity contribution in [2.45, 2.75) is 17.9 Å². The molecule has 1 unspecified atom stereocenters. The van der Waals surface area contributed by atoms with E-state index in [1.165, 1.54) is 0 Å². The van der Waals surface area contributed by atoms with Crippen molar-refractivity contribution >= 4 is 39.8 Å². The van der Waals surface area contributed by atoms with Crippen molar-refractivity contribution in [3.05, 3.63) is 30.3 Å². The second-order valence-electron chi connectivity index (χ2n) is 4.63. The van der Waals surface area contributed by atoms with Crippen LogP contribution in [-0.2, 0) is 14.6 Å². The van der Waals surface area contributed by atoms with Crippen LogP contribution in [0.15, 0.2) is 40.2 Å². The van der Waals surface area contributed by atoms with Crippen molar-refractivity contribution in [2.75, 3.05) is 33.1 Å². The minimum absolute atomic E-state index is 0. The lowest BCUT2D eigenvalue weighted by atomic mass is 10.4. The Kier molecular flexibility index (Phi) is 10.4. The zero-order valence-electron chi connectivity index (χ0n) is 13.1. The molecule has 0 aliphatic rings. The van der Waals surface area contributed by atoms with E-state index in [4.69, 9.17) is 4.74 Å². The van der Waals surface area contributed by atoms with E-state index in [1.807, 2.05) is 6.92 Å². The largest absolute Gasteiger partial charge is 0.383 e. The van der Waals surface area contributed by atoms with Crippen molar-refractivity contribution in [3.63, 3.8) is 0 Å². The fraction of sp³-hybridized carbons (Fsp3) is 0.500. The molecule has 126 valence electrons. The van der Waals surface area contributed by atoms with Crippen LogP contribution in [0.2, 0.25) is 0 Å². The van der Waals surface area contributed by atoms with E-state index < -0.39 is 9.84 Å². The van der Waals surface area contributed by atoms with Crippen LogP contribution in [0.4, 0.5) is 0 Å². The summed E-state index contributed by atoms with van der Waals surface area (Å²) in [6.45, 7) is 2.79. The summed E-state index contributed by atoms with van der Waals surface area (Å²) < 4.78 is 29.2. The third-order valence-corrected chi connectivity index (χ3v) is 4.52. The summed E-state index contributed by atoms with van der Waals surface area (Å²) in [5, 5.41) is 6.10. The highest BCUT2D eigenvalue weighted by Crippen LogP contribution is 2.09. The number of methoxy groups -OCH3 is 1. The molecule has 0 bridgehead atoms. The second kappa shape index (κ2) is 10.8. The standard InChI is InChI=1S/C14H23N3O3S.HI/c1-12(11-20-3)17-14(15-2)16-9-10-21(18,19)13-7-5-4-6-8-13;/h4-8,12H,9-11H2,1-3H3,(H2,15,16,17);1H. The van der Waals surface area contributed by atoms with Gasteiger partial charge < -0.3 is 15.4 Å². The predicted octanol–water partition coefficient (Wildman–Crippen LogP) is 1.28. The lowest BCUT2D eigenvalue weighted by molar-refractivity contribution is 0.179. The fourth-order valence-electron chi connectivity index (χ4n) is 1.77. The molecule has 0 heterocycles. The van der Waals surface area contributed by atoms with Crippen LogP contribution >= 0.6 is 24.0 Å². The first-order valence-corrected chi connectivity index (χ1v) is 8.38. The average Bonchev–Trinajstić information content (AvgIpc) is 2.47. The van der Waals surface area contributed by atoms with Crippen LogP contribution in [0.1, 0.15) is 6.92 Å². The number of sulfone groups is 1. The van der Waals surface area contributed by atoms with Gasteiger partial charge in [0, 0.05) is 26.7 Å². The van der Waals surface area contributed by atoms with Gasteiger partial charge in [-0.3, -0.25) is 4.99 Å². The molecule has 0 saturated heterocycles. The Balaban J connectivity index is 0.00000441. The van der Waals surface area contributed by atoms with E-state index in [0.29, 0.717) is 17.5 Å². The SMILES string of the molecule is CN=C(NCCS(=O)(=O)c1ccccc1)NC(C)COC.I. The Hall–Kier alpha value is -0.870. The smallest absolute Gasteiger partial charge is 0.191 e. The van der Waals surface area contributed by atoms with Crippen molar-refractivity contribution < 1.29 is 13.2 Å². The number of rotatable bonds is 7. The fourth-order valence-corrected chi connectivity index (χ4v) is 2.95.